The Kier molecular flexibility index (Phi) is 7.45. The first-order chi connectivity index (χ1) is 15.4. The highest BCUT2D eigenvalue weighted by Gasteiger charge is 2.43. The van der Waals surface area contributed by atoms with Crippen LogP contribution >= 0.6 is 0 Å². The zero-order valence-electron chi connectivity index (χ0n) is 18.1. The molecule has 3 N–H and O–H groups in total. The molecule has 3 rings (SSSR count). The summed E-state index contributed by atoms with van der Waals surface area (Å²) >= 11 is 0. The number of carbonyl (C=O) groups is 2. The van der Waals surface area contributed by atoms with Crippen molar-refractivity contribution in [3.8, 4) is 0 Å². The van der Waals surface area contributed by atoms with Gasteiger partial charge in [0.25, 0.3) is 0 Å². The highest BCUT2D eigenvalue weighted by atomic mass is 32.2. The maximum Gasteiger partial charge on any atom is 0.416 e. The second kappa shape index (κ2) is 9.78. The zero-order valence-corrected chi connectivity index (χ0v) is 19.0. The number of likely N-dealkylation sites (tertiary alicyclic amines) is 1. The van der Waals surface area contributed by atoms with E-state index in [1.807, 2.05) is 0 Å². The average Bonchev–Trinajstić information content (AvgIpc) is 3.07. The summed E-state index contributed by atoms with van der Waals surface area (Å²) in [5.41, 5.74) is -0.631. The molecule has 1 saturated heterocycles. The Hall–Kier alpha value is -2.50. The van der Waals surface area contributed by atoms with Gasteiger partial charge in [0, 0.05) is 30.1 Å². The first-order valence-corrected chi connectivity index (χ1v) is 12.7. The molecule has 2 aliphatic rings. The molecule has 1 saturated carbocycles. The molecule has 0 bridgehead atoms. The van der Waals surface area contributed by atoms with Crippen LogP contribution in [0.1, 0.15) is 38.2 Å². The fraction of sp³-hybridized carbons (Fsp3) is 0.619. The maximum absolute atomic E-state index is 13.1. The predicted octanol–water partition coefficient (Wildman–Crippen LogP) is 2.96. The molecule has 0 unspecified atom stereocenters. The standard InChI is InChI=1S/C21H28F3N3O5S/c1-2-33(31,32)12-13-10-16(26-20(29)30)6-7-18(13)27-9-8-17(19(27)28)25-15-5-3-4-14(11-15)21(22,23)24/h3-5,11,13,16-18,25-26H,2,6-10,12H2,1H3,(H,29,30)/t13-,16+,17-,18-/m0/s1. The number of rotatable bonds is 7. The molecule has 8 nitrogen and oxygen atoms in total. The van der Waals surface area contributed by atoms with Gasteiger partial charge in [-0.15, -0.1) is 0 Å². The number of anilines is 1. The van der Waals surface area contributed by atoms with Crippen LogP contribution in [0.15, 0.2) is 24.3 Å². The van der Waals surface area contributed by atoms with Crippen LogP contribution in [-0.2, 0) is 20.8 Å². The Morgan fingerprint density at radius 3 is 2.61 bits per heavy atom. The van der Waals surface area contributed by atoms with Crippen LogP contribution in [0.25, 0.3) is 0 Å². The van der Waals surface area contributed by atoms with E-state index in [1.54, 1.807) is 4.90 Å². The van der Waals surface area contributed by atoms with Crippen molar-refractivity contribution in [1.29, 1.82) is 0 Å². The molecule has 4 atom stereocenters. The lowest BCUT2D eigenvalue weighted by Crippen LogP contribution is -2.52. The molecule has 2 amide bonds. The number of alkyl halides is 3. The molecule has 1 aliphatic carbocycles. The Morgan fingerprint density at radius 1 is 1.24 bits per heavy atom. The van der Waals surface area contributed by atoms with Crippen molar-refractivity contribution in [3.05, 3.63) is 29.8 Å². The molecule has 1 heterocycles. The van der Waals surface area contributed by atoms with Gasteiger partial charge in [0.05, 0.1) is 11.3 Å². The molecule has 0 aromatic heterocycles. The van der Waals surface area contributed by atoms with Crippen LogP contribution in [0, 0.1) is 5.92 Å². The Labute approximate surface area is 190 Å². The Balaban J connectivity index is 1.73. The summed E-state index contributed by atoms with van der Waals surface area (Å²) in [5, 5.41) is 14.3. The van der Waals surface area contributed by atoms with Gasteiger partial charge in [-0.05, 0) is 49.8 Å². The second-order valence-corrected chi connectivity index (χ2v) is 11.0. The fourth-order valence-electron chi connectivity index (χ4n) is 4.74. The minimum atomic E-state index is -4.50. The number of benzene rings is 1. The number of carbonyl (C=O) groups excluding carboxylic acids is 1. The van der Waals surface area contributed by atoms with E-state index in [9.17, 15) is 31.2 Å². The maximum atomic E-state index is 13.1. The summed E-state index contributed by atoms with van der Waals surface area (Å²) in [7, 11) is -3.37. The van der Waals surface area contributed by atoms with E-state index < -0.39 is 45.7 Å². The molecule has 184 valence electrons. The van der Waals surface area contributed by atoms with Crippen LogP contribution in [0.5, 0.6) is 0 Å². The van der Waals surface area contributed by atoms with Crippen molar-refractivity contribution >= 4 is 27.5 Å². The van der Waals surface area contributed by atoms with Gasteiger partial charge in [-0.3, -0.25) is 4.79 Å². The topological polar surface area (TPSA) is 116 Å². The molecule has 1 aromatic carbocycles. The summed E-state index contributed by atoms with van der Waals surface area (Å²) in [6, 6.07) is 3.15. The van der Waals surface area contributed by atoms with Gasteiger partial charge in [-0.2, -0.15) is 13.2 Å². The Morgan fingerprint density at radius 2 is 1.97 bits per heavy atom. The van der Waals surface area contributed by atoms with E-state index in [-0.39, 0.29) is 29.1 Å². The van der Waals surface area contributed by atoms with Crippen molar-refractivity contribution in [2.45, 2.75) is 56.9 Å². The number of nitrogens with zero attached hydrogens (tertiary/aromatic N) is 1. The number of nitrogens with one attached hydrogen (secondary N) is 2. The fourth-order valence-corrected chi connectivity index (χ4v) is 5.99. The van der Waals surface area contributed by atoms with Crippen LogP contribution in [0.4, 0.5) is 23.7 Å². The Bertz CT molecular complexity index is 986. The summed E-state index contributed by atoms with van der Waals surface area (Å²) in [6.07, 6.45) is -4.10. The SMILES string of the molecule is CCS(=O)(=O)C[C@@H]1C[C@H](NC(=O)O)CC[C@@H]1N1CC[C@H](Nc2cccc(C(F)(F)F)c2)C1=O. The van der Waals surface area contributed by atoms with Gasteiger partial charge in [-0.1, -0.05) is 13.0 Å². The van der Waals surface area contributed by atoms with Crippen molar-refractivity contribution in [2.75, 3.05) is 23.4 Å². The molecular weight excluding hydrogens is 463 g/mol. The minimum absolute atomic E-state index is 0.0546. The van der Waals surface area contributed by atoms with E-state index in [2.05, 4.69) is 10.6 Å². The summed E-state index contributed by atoms with van der Waals surface area (Å²) in [6.45, 7) is 1.88. The molecule has 33 heavy (non-hydrogen) atoms. The van der Waals surface area contributed by atoms with E-state index in [1.165, 1.54) is 19.1 Å². The first kappa shape index (κ1) is 25.1. The van der Waals surface area contributed by atoms with Gasteiger partial charge in [0.1, 0.15) is 15.9 Å². The molecule has 2 fully saturated rings. The van der Waals surface area contributed by atoms with Crippen LogP contribution in [0.3, 0.4) is 0 Å². The second-order valence-electron chi connectivity index (χ2n) is 8.58. The van der Waals surface area contributed by atoms with Crippen molar-refractivity contribution in [3.63, 3.8) is 0 Å². The predicted molar refractivity (Wildman–Crippen MR) is 116 cm³/mol. The van der Waals surface area contributed by atoms with E-state index in [0.717, 1.165) is 12.1 Å². The third-order valence-electron chi connectivity index (χ3n) is 6.35. The van der Waals surface area contributed by atoms with Crippen molar-refractivity contribution in [2.24, 2.45) is 5.92 Å². The van der Waals surface area contributed by atoms with Crippen molar-refractivity contribution < 1.29 is 36.3 Å². The van der Waals surface area contributed by atoms with Gasteiger partial charge < -0.3 is 20.6 Å². The average molecular weight is 492 g/mol. The first-order valence-electron chi connectivity index (χ1n) is 10.8. The van der Waals surface area contributed by atoms with Crippen LogP contribution in [0.2, 0.25) is 0 Å². The van der Waals surface area contributed by atoms with Crippen molar-refractivity contribution in [1.82, 2.24) is 10.2 Å². The lowest BCUT2D eigenvalue weighted by atomic mass is 9.81. The number of sulfone groups is 1. The summed E-state index contributed by atoms with van der Waals surface area (Å²) < 4.78 is 63.6. The molecule has 1 aromatic rings. The van der Waals surface area contributed by atoms with E-state index in [4.69, 9.17) is 5.11 Å². The third-order valence-corrected chi connectivity index (χ3v) is 8.16. The minimum Gasteiger partial charge on any atom is -0.465 e. The van der Waals surface area contributed by atoms with E-state index in [0.29, 0.717) is 32.2 Å². The molecule has 1 aliphatic heterocycles. The van der Waals surface area contributed by atoms with E-state index >= 15 is 0 Å². The summed E-state index contributed by atoms with van der Waals surface area (Å²) in [5.74, 6) is -0.930. The largest absolute Gasteiger partial charge is 0.465 e. The van der Waals surface area contributed by atoms with Gasteiger partial charge >= 0.3 is 12.3 Å². The number of hydrogen-bond acceptors (Lipinski definition) is 5. The molecule has 0 radical (unpaired) electrons. The normalized spacial score (nSPS) is 26.3. The number of amides is 2. The summed E-state index contributed by atoms with van der Waals surface area (Å²) in [4.78, 5) is 25.8. The number of halogens is 3. The highest BCUT2D eigenvalue weighted by Crippen LogP contribution is 2.34. The van der Waals surface area contributed by atoms with Crippen LogP contribution < -0.4 is 10.6 Å². The van der Waals surface area contributed by atoms with Gasteiger partial charge in [0.2, 0.25) is 5.91 Å². The third kappa shape index (κ3) is 6.30. The van der Waals surface area contributed by atoms with Crippen LogP contribution in [-0.4, -0.2) is 66.6 Å². The molecule has 0 spiro atoms. The zero-order chi connectivity index (χ0) is 24.4. The quantitative estimate of drug-likeness (QED) is 0.540. The van der Waals surface area contributed by atoms with Gasteiger partial charge in [0.15, 0.2) is 0 Å². The highest BCUT2D eigenvalue weighted by molar-refractivity contribution is 7.91. The number of carboxylic acid groups (broad SMARTS) is 1. The molecule has 12 heteroatoms. The lowest BCUT2D eigenvalue weighted by Gasteiger charge is -2.41. The van der Waals surface area contributed by atoms with Gasteiger partial charge in [-0.25, -0.2) is 13.2 Å². The number of hydrogen-bond donors (Lipinski definition) is 3. The molecular formula is C21H28F3N3O5S. The monoisotopic (exact) mass is 491 g/mol. The smallest absolute Gasteiger partial charge is 0.416 e. The lowest BCUT2D eigenvalue weighted by molar-refractivity contribution is -0.137.